The van der Waals surface area contributed by atoms with Gasteiger partial charge in [0.05, 0.1) is 16.9 Å². The largest absolute Gasteiger partial charge is 0.356 e. The molecule has 0 saturated carbocycles. The fourth-order valence-electron chi connectivity index (χ4n) is 3.93. The Morgan fingerprint density at radius 2 is 1.81 bits per heavy atom. The van der Waals surface area contributed by atoms with Gasteiger partial charge >= 0.3 is 0 Å². The summed E-state index contributed by atoms with van der Waals surface area (Å²) in [6, 6.07) is 2.12. The minimum absolute atomic E-state index is 0.0170. The van der Waals surface area contributed by atoms with Crippen LogP contribution in [-0.4, -0.2) is 51.9 Å². The first kappa shape index (κ1) is 17.4. The van der Waals surface area contributed by atoms with Gasteiger partial charge in [-0.3, -0.25) is 4.79 Å². The highest BCUT2D eigenvalue weighted by molar-refractivity contribution is 7.11. The van der Waals surface area contributed by atoms with Crippen LogP contribution >= 0.6 is 11.3 Å². The molecule has 2 unspecified atom stereocenters. The molecule has 4 rings (SSSR count). The van der Waals surface area contributed by atoms with Crippen LogP contribution in [0.2, 0.25) is 0 Å². The Morgan fingerprint density at radius 3 is 2.38 bits per heavy atom. The lowest BCUT2D eigenvalue weighted by Crippen LogP contribution is -2.33. The second kappa shape index (κ2) is 6.30. The molecule has 2 aromatic rings. The minimum atomic E-state index is 0.0170. The Morgan fingerprint density at radius 1 is 1.12 bits per heavy atom. The number of aromatic nitrogens is 3. The fraction of sp³-hybridized carbons (Fsp3) is 0.579. The van der Waals surface area contributed by atoms with Gasteiger partial charge in [0.2, 0.25) is 0 Å². The standard InChI is InChI=1S/C19H25N5OS/c1-12-17(26-11-22-12)18(25)24-8-13-6-23(7-14(13)9-24)16-5-15(19(2,3)4)20-10-21-16/h5,10-11,13-14H,6-9H2,1-4H3. The van der Waals surface area contributed by atoms with Crippen LogP contribution in [0, 0.1) is 18.8 Å². The lowest BCUT2D eigenvalue weighted by atomic mass is 9.92. The molecule has 1 amide bonds. The molecule has 7 heteroatoms. The van der Waals surface area contributed by atoms with Crippen molar-refractivity contribution in [2.24, 2.45) is 11.8 Å². The average Bonchev–Trinajstić information content (AvgIpc) is 3.27. The van der Waals surface area contributed by atoms with Crippen molar-refractivity contribution in [3.05, 3.63) is 34.2 Å². The molecule has 0 N–H and O–H groups in total. The Balaban J connectivity index is 1.44. The molecule has 0 bridgehead atoms. The molecule has 2 saturated heterocycles. The van der Waals surface area contributed by atoms with Gasteiger partial charge in [0, 0.05) is 49.5 Å². The van der Waals surface area contributed by atoms with Crippen LogP contribution in [0.5, 0.6) is 0 Å². The summed E-state index contributed by atoms with van der Waals surface area (Å²) in [4.78, 5) is 31.0. The van der Waals surface area contributed by atoms with Crippen molar-refractivity contribution in [1.29, 1.82) is 0 Å². The van der Waals surface area contributed by atoms with Gasteiger partial charge in [-0.05, 0) is 6.92 Å². The van der Waals surface area contributed by atoms with E-state index in [0.717, 1.165) is 48.3 Å². The van der Waals surface area contributed by atoms with Crippen LogP contribution in [0.1, 0.15) is 41.8 Å². The first-order valence-corrected chi connectivity index (χ1v) is 9.97. The van der Waals surface area contributed by atoms with Crippen LogP contribution in [0.15, 0.2) is 17.9 Å². The number of rotatable bonds is 2. The number of likely N-dealkylation sites (tertiary alicyclic amines) is 1. The zero-order valence-corrected chi connectivity index (χ0v) is 16.6. The number of carbonyl (C=O) groups is 1. The normalized spacial score (nSPS) is 22.8. The van der Waals surface area contributed by atoms with Crippen LogP contribution in [-0.2, 0) is 5.41 Å². The van der Waals surface area contributed by atoms with E-state index in [4.69, 9.17) is 0 Å². The Bertz CT molecular complexity index is 813. The fourth-order valence-corrected chi connectivity index (χ4v) is 4.70. The number of carbonyl (C=O) groups excluding carboxylic acids is 1. The molecule has 0 spiro atoms. The van der Waals surface area contributed by atoms with Gasteiger partial charge < -0.3 is 9.80 Å². The Labute approximate surface area is 158 Å². The molecular formula is C19H25N5OS. The zero-order chi connectivity index (χ0) is 18.5. The predicted molar refractivity (Wildman–Crippen MR) is 103 cm³/mol. The first-order chi connectivity index (χ1) is 12.3. The van der Waals surface area contributed by atoms with Crippen LogP contribution in [0.3, 0.4) is 0 Å². The molecule has 2 fully saturated rings. The molecule has 2 aliphatic rings. The number of hydrogen-bond acceptors (Lipinski definition) is 6. The molecule has 4 heterocycles. The number of thiazole rings is 1. The molecule has 2 aliphatic heterocycles. The SMILES string of the molecule is Cc1ncsc1C(=O)N1CC2CN(c3cc(C(C)(C)C)ncn3)CC2C1. The van der Waals surface area contributed by atoms with Crippen molar-refractivity contribution < 1.29 is 4.79 Å². The molecule has 0 radical (unpaired) electrons. The van der Waals surface area contributed by atoms with Crippen molar-refractivity contribution in [3.63, 3.8) is 0 Å². The monoisotopic (exact) mass is 371 g/mol. The maximum absolute atomic E-state index is 12.7. The molecule has 0 aromatic carbocycles. The third-order valence-electron chi connectivity index (χ3n) is 5.46. The van der Waals surface area contributed by atoms with E-state index < -0.39 is 0 Å². The summed E-state index contributed by atoms with van der Waals surface area (Å²) in [6.45, 7) is 12.0. The lowest BCUT2D eigenvalue weighted by molar-refractivity contribution is 0.0786. The van der Waals surface area contributed by atoms with Crippen molar-refractivity contribution in [2.45, 2.75) is 33.1 Å². The highest BCUT2D eigenvalue weighted by Gasteiger charge is 2.42. The van der Waals surface area contributed by atoms with Gasteiger partial charge in [-0.25, -0.2) is 15.0 Å². The number of aryl methyl sites for hydroxylation is 1. The Kier molecular flexibility index (Phi) is 4.22. The van der Waals surface area contributed by atoms with Crippen LogP contribution in [0.25, 0.3) is 0 Å². The molecule has 138 valence electrons. The highest BCUT2D eigenvalue weighted by atomic mass is 32.1. The number of anilines is 1. The summed E-state index contributed by atoms with van der Waals surface area (Å²) in [7, 11) is 0. The summed E-state index contributed by atoms with van der Waals surface area (Å²) < 4.78 is 0. The number of fused-ring (bicyclic) bond motifs is 1. The molecule has 26 heavy (non-hydrogen) atoms. The molecule has 2 atom stereocenters. The maximum atomic E-state index is 12.7. The summed E-state index contributed by atoms with van der Waals surface area (Å²) in [5, 5.41) is 0. The molecule has 6 nitrogen and oxygen atoms in total. The predicted octanol–water partition coefficient (Wildman–Crippen LogP) is 2.75. The summed E-state index contributed by atoms with van der Waals surface area (Å²) in [5.74, 6) is 2.18. The van der Waals surface area contributed by atoms with Gasteiger partial charge in [0.1, 0.15) is 17.0 Å². The van der Waals surface area contributed by atoms with Gasteiger partial charge in [0.15, 0.2) is 0 Å². The smallest absolute Gasteiger partial charge is 0.265 e. The summed E-state index contributed by atoms with van der Waals surface area (Å²) in [6.07, 6.45) is 1.67. The van der Waals surface area contributed by atoms with Crippen molar-refractivity contribution in [1.82, 2.24) is 19.9 Å². The quantitative estimate of drug-likeness (QED) is 0.812. The summed E-state index contributed by atoms with van der Waals surface area (Å²) >= 11 is 1.44. The van der Waals surface area contributed by atoms with E-state index in [-0.39, 0.29) is 11.3 Å². The zero-order valence-electron chi connectivity index (χ0n) is 15.8. The van der Waals surface area contributed by atoms with Gasteiger partial charge in [-0.2, -0.15) is 0 Å². The summed E-state index contributed by atoms with van der Waals surface area (Å²) in [5.41, 5.74) is 3.68. The van der Waals surface area contributed by atoms with E-state index in [0.29, 0.717) is 11.8 Å². The van der Waals surface area contributed by atoms with E-state index in [1.54, 1.807) is 11.8 Å². The van der Waals surface area contributed by atoms with Gasteiger partial charge in [-0.1, -0.05) is 20.8 Å². The topological polar surface area (TPSA) is 62.2 Å². The van der Waals surface area contributed by atoms with E-state index in [1.807, 2.05) is 11.8 Å². The molecular weight excluding hydrogens is 346 g/mol. The Hall–Kier alpha value is -2.02. The third-order valence-corrected chi connectivity index (χ3v) is 6.37. The minimum Gasteiger partial charge on any atom is -0.356 e. The lowest BCUT2D eigenvalue weighted by Gasteiger charge is -2.24. The highest BCUT2D eigenvalue weighted by Crippen LogP contribution is 2.35. The van der Waals surface area contributed by atoms with E-state index in [9.17, 15) is 4.79 Å². The van der Waals surface area contributed by atoms with E-state index >= 15 is 0 Å². The first-order valence-electron chi connectivity index (χ1n) is 9.10. The maximum Gasteiger partial charge on any atom is 0.265 e. The van der Waals surface area contributed by atoms with Gasteiger partial charge in [0.25, 0.3) is 5.91 Å². The molecule has 0 aliphatic carbocycles. The second-order valence-corrected chi connectivity index (χ2v) is 9.27. The third kappa shape index (κ3) is 3.09. The van der Waals surface area contributed by atoms with Crippen LogP contribution < -0.4 is 4.90 Å². The van der Waals surface area contributed by atoms with Crippen molar-refractivity contribution >= 4 is 23.1 Å². The van der Waals surface area contributed by atoms with E-state index in [1.165, 1.54) is 11.3 Å². The number of nitrogens with zero attached hydrogens (tertiary/aromatic N) is 5. The number of amides is 1. The second-order valence-electron chi connectivity index (χ2n) is 8.41. The average molecular weight is 372 g/mol. The van der Waals surface area contributed by atoms with Crippen molar-refractivity contribution in [3.8, 4) is 0 Å². The molecule has 2 aromatic heterocycles. The van der Waals surface area contributed by atoms with E-state index in [2.05, 4.69) is 46.7 Å². The van der Waals surface area contributed by atoms with Gasteiger partial charge in [-0.15, -0.1) is 11.3 Å². The van der Waals surface area contributed by atoms with Crippen molar-refractivity contribution in [2.75, 3.05) is 31.1 Å². The number of hydrogen-bond donors (Lipinski definition) is 0. The van der Waals surface area contributed by atoms with Crippen LogP contribution in [0.4, 0.5) is 5.82 Å².